The highest BCUT2D eigenvalue weighted by Gasteiger charge is 2.15. The van der Waals surface area contributed by atoms with Gasteiger partial charge in [-0.25, -0.2) is 24.8 Å². The van der Waals surface area contributed by atoms with Crippen LogP contribution in [0.1, 0.15) is 12.0 Å². The van der Waals surface area contributed by atoms with E-state index >= 15 is 0 Å². The first-order valence-electron chi connectivity index (χ1n) is 11.9. The number of rotatable bonds is 10. The van der Waals surface area contributed by atoms with Crippen molar-refractivity contribution >= 4 is 34.4 Å². The average molecular weight is 525 g/mol. The lowest BCUT2D eigenvalue weighted by atomic mass is 10.1. The lowest BCUT2D eigenvalue weighted by molar-refractivity contribution is 0.415. The van der Waals surface area contributed by atoms with Crippen molar-refractivity contribution < 1.29 is 4.74 Å². The minimum atomic E-state index is -0.455. The Balaban J connectivity index is 1.25. The Labute approximate surface area is 223 Å². The van der Waals surface area contributed by atoms with Gasteiger partial charge in [0.25, 0.3) is 11.2 Å². The standard InChI is InChI=1S/C27H24N8O2S/c1-28-22-21(19-10-6-11-20(14-19)37-2)33-27(34-26(22)36)38-13-7-12-35-17-32-23-24(30-16-31-25(23)35)29-15-18-8-4-3-5-9-18/h3-6,8-11,14,16-17H,7,12-13,15H2,2H3,(H,29,30,31)(H,33,34,36). The highest BCUT2D eigenvalue weighted by atomic mass is 32.2. The Morgan fingerprint density at radius 2 is 2.00 bits per heavy atom. The summed E-state index contributed by atoms with van der Waals surface area (Å²) in [5, 5.41) is 3.81. The number of anilines is 1. The van der Waals surface area contributed by atoms with Gasteiger partial charge < -0.3 is 19.6 Å². The Hall–Kier alpha value is -4.69. The summed E-state index contributed by atoms with van der Waals surface area (Å²) < 4.78 is 7.27. The molecule has 3 aromatic heterocycles. The molecule has 5 rings (SSSR count). The smallest absolute Gasteiger partial charge is 0.276 e. The van der Waals surface area contributed by atoms with Crippen LogP contribution in [-0.4, -0.2) is 42.3 Å². The predicted molar refractivity (Wildman–Crippen MR) is 148 cm³/mol. The van der Waals surface area contributed by atoms with E-state index in [0.29, 0.717) is 46.8 Å². The number of hydrogen-bond acceptors (Lipinski definition) is 8. The molecule has 0 saturated carbocycles. The second-order valence-electron chi connectivity index (χ2n) is 8.29. The molecule has 0 radical (unpaired) electrons. The van der Waals surface area contributed by atoms with Gasteiger partial charge in [0, 0.05) is 18.8 Å². The summed E-state index contributed by atoms with van der Waals surface area (Å²) in [5.41, 5.74) is 3.14. The molecule has 190 valence electrons. The Morgan fingerprint density at radius 1 is 1.13 bits per heavy atom. The molecular formula is C27H24N8O2S. The summed E-state index contributed by atoms with van der Waals surface area (Å²) in [7, 11) is 1.57. The number of benzene rings is 2. The van der Waals surface area contributed by atoms with Crippen LogP contribution in [0.2, 0.25) is 0 Å². The number of fused-ring (bicyclic) bond motifs is 1. The number of aromatic amines is 1. The first kappa shape index (κ1) is 25.0. The van der Waals surface area contributed by atoms with Crippen molar-refractivity contribution in [3.63, 3.8) is 0 Å². The number of H-pyrrole nitrogens is 1. The zero-order valence-corrected chi connectivity index (χ0v) is 21.4. The second kappa shape index (κ2) is 11.6. The molecule has 5 aromatic rings. The van der Waals surface area contributed by atoms with E-state index in [2.05, 4.69) is 47.2 Å². The van der Waals surface area contributed by atoms with Crippen LogP contribution in [0.3, 0.4) is 0 Å². The van der Waals surface area contributed by atoms with E-state index in [1.54, 1.807) is 31.6 Å². The summed E-state index contributed by atoms with van der Waals surface area (Å²) in [6.45, 7) is 8.78. The van der Waals surface area contributed by atoms with Crippen LogP contribution in [0.4, 0.5) is 11.5 Å². The van der Waals surface area contributed by atoms with Gasteiger partial charge in [0.2, 0.25) is 0 Å². The number of aromatic nitrogens is 6. The lowest BCUT2D eigenvalue weighted by Crippen LogP contribution is -2.10. The quantitative estimate of drug-likeness (QED) is 0.114. The number of nitrogens with zero attached hydrogens (tertiary/aromatic N) is 6. The molecule has 10 nitrogen and oxygen atoms in total. The van der Waals surface area contributed by atoms with Crippen LogP contribution in [0.5, 0.6) is 5.75 Å². The summed E-state index contributed by atoms with van der Waals surface area (Å²) >= 11 is 1.43. The van der Waals surface area contributed by atoms with Gasteiger partial charge >= 0.3 is 0 Å². The summed E-state index contributed by atoms with van der Waals surface area (Å²) in [4.78, 5) is 36.6. The van der Waals surface area contributed by atoms with Gasteiger partial charge in [-0.1, -0.05) is 54.2 Å². The SMILES string of the molecule is [C-]#[N+]c1c(-c2cccc(OC)c2)nc(SCCCn2cnc3c(NCc4ccccc4)ncnc32)[nH]c1=O. The zero-order chi connectivity index (χ0) is 26.3. The number of aryl methyl sites for hydroxylation is 1. The average Bonchev–Trinajstić information content (AvgIpc) is 3.38. The van der Waals surface area contributed by atoms with Crippen molar-refractivity contribution in [2.24, 2.45) is 0 Å². The van der Waals surface area contributed by atoms with Crippen LogP contribution >= 0.6 is 11.8 Å². The molecular weight excluding hydrogens is 500 g/mol. The van der Waals surface area contributed by atoms with Gasteiger partial charge in [-0.3, -0.25) is 4.79 Å². The second-order valence-corrected chi connectivity index (χ2v) is 9.37. The van der Waals surface area contributed by atoms with E-state index in [1.807, 2.05) is 28.8 Å². The topological polar surface area (TPSA) is 115 Å². The molecule has 0 atom stereocenters. The predicted octanol–water partition coefficient (Wildman–Crippen LogP) is 4.93. The van der Waals surface area contributed by atoms with Gasteiger partial charge in [-0.15, -0.1) is 0 Å². The molecule has 11 heteroatoms. The number of hydrogen-bond donors (Lipinski definition) is 2. The number of ether oxygens (including phenoxy) is 1. The summed E-state index contributed by atoms with van der Waals surface area (Å²) in [5.74, 6) is 2.02. The maximum atomic E-state index is 12.6. The minimum absolute atomic E-state index is 0.0381. The van der Waals surface area contributed by atoms with Crippen LogP contribution in [0.15, 0.2) is 77.2 Å². The Kier molecular flexibility index (Phi) is 7.61. The molecule has 0 aliphatic heterocycles. The number of thioether (sulfide) groups is 1. The minimum Gasteiger partial charge on any atom is -0.497 e. The van der Waals surface area contributed by atoms with E-state index in [4.69, 9.17) is 11.3 Å². The van der Waals surface area contributed by atoms with Crippen molar-refractivity contribution in [1.29, 1.82) is 0 Å². The van der Waals surface area contributed by atoms with Crippen LogP contribution in [-0.2, 0) is 13.1 Å². The molecule has 0 fully saturated rings. The molecule has 2 N–H and O–H groups in total. The molecule has 0 amide bonds. The third kappa shape index (κ3) is 5.50. The van der Waals surface area contributed by atoms with Gasteiger partial charge in [0.05, 0.1) is 25.7 Å². The fraction of sp³-hybridized carbons (Fsp3) is 0.185. The molecule has 0 aliphatic carbocycles. The number of nitrogens with one attached hydrogen (secondary N) is 2. The molecule has 3 heterocycles. The molecule has 0 saturated heterocycles. The molecule has 38 heavy (non-hydrogen) atoms. The third-order valence-electron chi connectivity index (χ3n) is 5.81. The Morgan fingerprint density at radius 3 is 2.82 bits per heavy atom. The first-order valence-corrected chi connectivity index (χ1v) is 12.9. The van der Waals surface area contributed by atoms with Gasteiger partial charge in [-0.05, 0) is 29.7 Å². The summed E-state index contributed by atoms with van der Waals surface area (Å²) in [6.07, 6.45) is 4.09. The highest BCUT2D eigenvalue weighted by molar-refractivity contribution is 7.99. The summed E-state index contributed by atoms with van der Waals surface area (Å²) in [6, 6.07) is 17.3. The van der Waals surface area contributed by atoms with Crippen molar-refractivity contribution in [3.05, 3.63) is 94.6 Å². The van der Waals surface area contributed by atoms with Crippen LogP contribution < -0.4 is 15.6 Å². The fourth-order valence-corrected chi connectivity index (χ4v) is 4.74. The van der Waals surface area contributed by atoms with E-state index in [1.165, 1.54) is 18.1 Å². The van der Waals surface area contributed by atoms with Crippen molar-refractivity contribution in [2.75, 3.05) is 18.2 Å². The molecule has 2 aromatic carbocycles. The van der Waals surface area contributed by atoms with E-state index < -0.39 is 5.56 Å². The van der Waals surface area contributed by atoms with Crippen molar-refractivity contribution in [1.82, 2.24) is 29.5 Å². The van der Waals surface area contributed by atoms with E-state index in [0.717, 1.165) is 23.1 Å². The lowest BCUT2D eigenvalue weighted by Gasteiger charge is -2.09. The van der Waals surface area contributed by atoms with Crippen molar-refractivity contribution in [2.45, 2.75) is 24.7 Å². The van der Waals surface area contributed by atoms with Gasteiger partial charge in [0.1, 0.15) is 17.6 Å². The molecule has 0 aliphatic rings. The molecule has 0 unspecified atom stereocenters. The Bertz CT molecular complexity index is 1660. The first-order chi connectivity index (χ1) is 18.7. The number of imidazole rings is 1. The zero-order valence-electron chi connectivity index (χ0n) is 20.6. The van der Waals surface area contributed by atoms with Gasteiger partial charge in [-0.2, -0.15) is 0 Å². The van der Waals surface area contributed by atoms with Crippen LogP contribution in [0, 0.1) is 6.57 Å². The van der Waals surface area contributed by atoms with E-state index in [9.17, 15) is 4.79 Å². The third-order valence-corrected chi connectivity index (χ3v) is 6.77. The van der Waals surface area contributed by atoms with Crippen molar-refractivity contribution in [3.8, 4) is 17.0 Å². The number of methoxy groups -OCH3 is 1. The van der Waals surface area contributed by atoms with Gasteiger partial charge in [0.15, 0.2) is 16.6 Å². The highest BCUT2D eigenvalue weighted by Crippen LogP contribution is 2.29. The molecule has 0 bridgehead atoms. The molecule has 0 spiro atoms. The maximum absolute atomic E-state index is 12.6. The normalized spacial score (nSPS) is 10.8. The van der Waals surface area contributed by atoms with Crippen LogP contribution in [0.25, 0.3) is 27.3 Å². The fourth-order valence-electron chi connectivity index (χ4n) is 3.95. The monoisotopic (exact) mass is 524 g/mol. The largest absolute Gasteiger partial charge is 0.497 e. The maximum Gasteiger partial charge on any atom is 0.276 e. The van der Waals surface area contributed by atoms with E-state index in [-0.39, 0.29) is 5.69 Å².